The monoisotopic (exact) mass is 218 g/mol. The molecule has 0 N–H and O–H groups in total. The molecule has 0 bridgehead atoms. The van der Waals surface area contributed by atoms with Gasteiger partial charge in [-0.3, -0.25) is 0 Å². The highest BCUT2D eigenvalue weighted by molar-refractivity contribution is 5.37. The van der Waals surface area contributed by atoms with Crippen LogP contribution in [0.15, 0.2) is 23.3 Å². The first-order valence-corrected chi connectivity index (χ1v) is 7.27. The Morgan fingerprint density at radius 1 is 0.875 bits per heavy atom. The molecule has 2 atom stereocenters. The van der Waals surface area contributed by atoms with Crippen LogP contribution < -0.4 is 0 Å². The lowest BCUT2D eigenvalue weighted by Gasteiger charge is -2.31. The minimum atomic E-state index is 0.849. The molecule has 0 spiro atoms. The number of fused-ring (bicyclic) bond motifs is 1. The summed E-state index contributed by atoms with van der Waals surface area (Å²) in [5.74, 6) is 1.70. The minimum absolute atomic E-state index is 0.849. The summed E-state index contributed by atoms with van der Waals surface area (Å²) in [5, 5.41) is 0. The molecule has 0 aromatic heterocycles. The first-order chi connectivity index (χ1) is 7.85. The van der Waals surface area contributed by atoms with Crippen molar-refractivity contribution < 1.29 is 0 Å². The lowest BCUT2D eigenvalue weighted by molar-refractivity contribution is 0.398. The van der Waals surface area contributed by atoms with E-state index in [0.29, 0.717) is 0 Å². The van der Waals surface area contributed by atoms with Crippen LogP contribution in [0.2, 0.25) is 0 Å². The molecular weight excluding hydrogens is 192 g/mol. The molecule has 0 heterocycles. The van der Waals surface area contributed by atoms with E-state index in [1.165, 1.54) is 51.4 Å². The zero-order chi connectivity index (χ0) is 11.4. The third-order valence-corrected chi connectivity index (χ3v) is 4.18. The van der Waals surface area contributed by atoms with E-state index in [9.17, 15) is 0 Å². The van der Waals surface area contributed by atoms with Gasteiger partial charge in [0.25, 0.3) is 0 Å². The molecule has 0 unspecified atom stereocenters. The molecule has 0 aromatic carbocycles. The van der Waals surface area contributed by atoms with Crippen LogP contribution in [-0.2, 0) is 0 Å². The first kappa shape index (κ1) is 12.0. The summed E-state index contributed by atoms with van der Waals surface area (Å²) in [4.78, 5) is 0. The van der Waals surface area contributed by atoms with Gasteiger partial charge in [0, 0.05) is 0 Å². The fraction of sp³-hybridized carbons (Fsp3) is 0.750. The fourth-order valence-corrected chi connectivity index (χ4v) is 3.36. The number of hydrogen-bond donors (Lipinski definition) is 0. The molecule has 1 fully saturated rings. The van der Waals surface area contributed by atoms with Crippen molar-refractivity contribution in [3.05, 3.63) is 23.3 Å². The molecule has 0 aromatic rings. The quantitative estimate of drug-likeness (QED) is 0.604. The molecule has 90 valence electrons. The van der Waals surface area contributed by atoms with Crippen molar-refractivity contribution in [2.45, 2.75) is 65.2 Å². The third-order valence-electron chi connectivity index (χ3n) is 4.18. The molecule has 16 heavy (non-hydrogen) atoms. The number of hydrogen-bond acceptors (Lipinski definition) is 0. The van der Waals surface area contributed by atoms with Crippen molar-refractivity contribution >= 4 is 0 Å². The first-order valence-electron chi connectivity index (χ1n) is 7.27. The molecule has 2 aliphatic rings. The highest BCUT2D eigenvalue weighted by Crippen LogP contribution is 2.39. The van der Waals surface area contributed by atoms with Gasteiger partial charge in [-0.2, -0.15) is 0 Å². The van der Waals surface area contributed by atoms with Crippen LogP contribution in [0.3, 0.4) is 0 Å². The van der Waals surface area contributed by atoms with Crippen molar-refractivity contribution in [1.82, 2.24) is 0 Å². The highest BCUT2D eigenvalue weighted by atomic mass is 14.3. The molecule has 2 aliphatic carbocycles. The molecule has 0 amide bonds. The third kappa shape index (κ3) is 2.59. The summed E-state index contributed by atoms with van der Waals surface area (Å²) in [7, 11) is 0. The Morgan fingerprint density at radius 3 is 1.69 bits per heavy atom. The predicted molar refractivity (Wildman–Crippen MR) is 71.4 cm³/mol. The summed E-state index contributed by atoms with van der Waals surface area (Å²) >= 11 is 0. The van der Waals surface area contributed by atoms with Crippen molar-refractivity contribution in [2.24, 2.45) is 11.8 Å². The van der Waals surface area contributed by atoms with Crippen LogP contribution in [-0.4, -0.2) is 0 Å². The summed E-state index contributed by atoms with van der Waals surface area (Å²) in [6.45, 7) is 4.64. The van der Waals surface area contributed by atoms with E-state index in [1.807, 2.05) is 0 Å². The van der Waals surface area contributed by atoms with Crippen molar-refractivity contribution in [2.75, 3.05) is 0 Å². The van der Waals surface area contributed by atoms with E-state index < -0.39 is 0 Å². The van der Waals surface area contributed by atoms with Gasteiger partial charge in [-0.15, -0.1) is 0 Å². The van der Waals surface area contributed by atoms with Gasteiger partial charge in [-0.25, -0.2) is 0 Å². The average molecular weight is 218 g/mol. The van der Waals surface area contributed by atoms with E-state index in [0.717, 1.165) is 11.8 Å². The fourth-order valence-electron chi connectivity index (χ4n) is 3.36. The lowest BCUT2D eigenvalue weighted by atomic mass is 9.74. The van der Waals surface area contributed by atoms with Gasteiger partial charge in [0.15, 0.2) is 0 Å². The maximum Gasteiger partial charge on any atom is -0.0164 e. The van der Waals surface area contributed by atoms with Crippen LogP contribution in [0.25, 0.3) is 0 Å². The van der Waals surface area contributed by atoms with Crippen LogP contribution in [0.4, 0.5) is 0 Å². The molecule has 2 rings (SSSR count). The summed E-state index contributed by atoms with van der Waals surface area (Å²) in [6.07, 6.45) is 16.2. The van der Waals surface area contributed by atoms with E-state index >= 15 is 0 Å². The van der Waals surface area contributed by atoms with Crippen LogP contribution in [0, 0.1) is 11.8 Å². The van der Waals surface area contributed by atoms with E-state index in [2.05, 4.69) is 26.0 Å². The summed E-state index contributed by atoms with van der Waals surface area (Å²) in [5.41, 5.74) is 3.41. The molecule has 0 nitrogen and oxygen atoms in total. The Hall–Kier alpha value is -0.520. The van der Waals surface area contributed by atoms with Crippen molar-refractivity contribution in [1.29, 1.82) is 0 Å². The predicted octanol–water partition coefficient (Wildman–Crippen LogP) is 5.26. The van der Waals surface area contributed by atoms with Gasteiger partial charge in [-0.05, 0) is 61.5 Å². The van der Waals surface area contributed by atoms with E-state index in [-0.39, 0.29) is 0 Å². The Kier molecular flexibility index (Phi) is 4.26. The topological polar surface area (TPSA) is 0 Å². The average Bonchev–Trinajstić information content (AvgIpc) is 2.30. The van der Waals surface area contributed by atoms with Crippen LogP contribution in [0.1, 0.15) is 65.2 Å². The summed E-state index contributed by atoms with van der Waals surface area (Å²) in [6, 6.07) is 0. The highest BCUT2D eigenvalue weighted by Gasteiger charge is 2.24. The standard InChI is InChI=1S/C16H26/c1-3-7-13-11-15-9-5-6-10-16(15)12-14(13)8-4-2/h11-14H,3-10H2,1-2H3/t13-,14-/m0/s1. The number of rotatable bonds is 4. The van der Waals surface area contributed by atoms with Gasteiger partial charge in [0.2, 0.25) is 0 Å². The van der Waals surface area contributed by atoms with Gasteiger partial charge >= 0.3 is 0 Å². The maximum absolute atomic E-state index is 2.64. The van der Waals surface area contributed by atoms with Gasteiger partial charge in [0.1, 0.15) is 0 Å². The van der Waals surface area contributed by atoms with Gasteiger partial charge in [-0.1, -0.05) is 38.8 Å². The Balaban J connectivity index is 2.12. The number of allylic oxidation sites excluding steroid dienone is 4. The SMILES string of the molecule is CCC[C@H]1C=C2CCCCC2=C[C@@H]1CCC. The van der Waals surface area contributed by atoms with Gasteiger partial charge < -0.3 is 0 Å². The Labute approximate surface area is 101 Å². The Morgan fingerprint density at radius 2 is 1.31 bits per heavy atom. The Bertz CT molecular complexity index is 252. The molecule has 0 heteroatoms. The second-order valence-corrected chi connectivity index (χ2v) is 5.50. The molecule has 0 saturated heterocycles. The maximum atomic E-state index is 2.64. The molecule has 0 aliphatic heterocycles. The van der Waals surface area contributed by atoms with E-state index in [4.69, 9.17) is 0 Å². The normalized spacial score (nSPS) is 29.4. The lowest BCUT2D eigenvalue weighted by Crippen LogP contribution is -2.18. The minimum Gasteiger partial charge on any atom is -0.0773 e. The second-order valence-electron chi connectivity index (χ2n) is 5.50. The molecule has 0 radical (unpaired) electrons. The van der Waals surface area contributed by atoms with Crippen LogP contribution in [0.5, 0.6) is 0 Å². The van der Waals surface area contributed by atoms with E-state index in [1.54, 1.807) is 11.1 Å². The van der Waals surface area contributed by atoms with Gasteiger partial charge in [0.05, 0.1) is 0 Å². The van der Waals surface area contributed by atoms with Crippen molar-refractivity contribution in [3.8, 4) is 0 Å². The molecular formula is C16H26. The largest absolute Gasteiger partial charge is 0.0773 e. The molecule has 1 saturated carbocycles. The zero-order valence-electron chi connectivity index (χ0n) is 11.0. The van der Waals surface area contributed by atoms with Crippen molar-refractivity contribution in [3.63, 3.8) is 0 Å². The summed E-state index contributed by atoms with van der Waals surface area (Å²) < 4.78 is 0. The smallest absolute Gasteiger partial charge is 0.0164 e. The second kappa shape index (κ2) is 5.70. The zero-order valence-corrected chi connectivity index (χ0v) is 11.0. The van der Waals surface area contributed by atoms with Crippen LogP contribution >= 0.6 is 0 Å².